The van der Waals surface area contributed by atoms with Gasteiger partial charge in [-0.25, -0.2) is 4.79 Å². The minimum Gasteiger partial charge on any atom is -0.487 e. The van der Waals surface area contributed by atoms with Crippen LogP contribution in [-0.2, 0) is 14.3 Å². The molecule has 0 aromatic heterocycles. The molecular formula is C15H18O5. The van der Waals surface area contributed by atoms with Crippen LogP contribution < -0.4 is 9.47 Å². The normalized spacial score (nSPS) is 26.6. The molecule has 1 aromatic rings. The van der Waals surface area contributed by atoms with E-state index >= 15 is 0 Å². The molecular weight excluding hydrogens is 260 g/mol. The predicted molar refractivity (Wildman–Crippen MR) is 71.8 cm³/mol. The van der Waals surface area contributed by atoms with Crippen molar-refractivity contribution in [2.45, 2.75) is 45.5 Å². The number of fused-ring (bicyclic) bond motifs is 1. The third kappa shape index (κ3) is 3.29. The van der Waals surface area contributed by atoms with Crippen molar-refractivity contribution in [3.05, 3.63) is 24.3 Å². The number of cyclic esters (lactones) is 1. The molecule has 0 amide bonds. The number of para-hydroxylation sites is 2. The fourth-order valence-corrected chi connectivity index (χ4v) is 2.11. The van der Waals surface area contributed by atoms with E-state index in [0.29, 0.717) is 17.9 Å². The smallest absolute Gasteiger partial charge is 0.355 e. The van der Waals surface area contributed by atoms with E-state index in [1.807, 2.05) is 13.0 Å². The van der Waals surface area contributed by atoms with Crippen LogP contribution in [-0.4, -0.2) is 30.1 Å². The molecule has 3 atom stereocenters. The second kappa shape index (κ2) is 5.94. The maximum Gasteiger partial charge on any atom is 0.355 e. The molecule has 0 aliphatic carbocycles. The van der Waals surface area contributed by atoms with E-state index in [1.54, 1.807) is 25.1 Å². The molecule has 2 rings (SSSR count). The summed E-state index contributed by atoms with van der Waals surface area (Å²) in [4.78, 5) is 23.6. The maximum absolute atomic E-state index is 12.0. The molecule has 0 saturated carbocycles. The van der Waals surface area contributed by atoms with Gasteiger partial charge in [0.05, 0.1) is 6.10 Å². The highest BCUT2D eigenvalue weighted by atomic mass is 16.6. The fraction of sp³-hybridized carbons (Fsp3) is 0.467. The van der Waals surface area contributed by atoms with Crippen molar-refractivity contribution in [2.24, 2.45) is 0 Å². The predicted octanol–water partition coefficient (Wildman–Crippen LogP) is 2.13. The number of benzene rings is 1. The Kier molecular flexibility index (Phi) is 4.27. The number of ketones is 1. The summed E-state index contributed by atoms with van der Waals surface area (Å²) < 4.78 is 16.5. The Morgan fingerprint density at radius 2 is 1.60 bits per heavy atom. The van der Waals surface area contributed by atoms with Crippen LogP contribution >= 0.6 is 0 Å². The highest BCUT2D eigenvalue weighted by Crippen LogP contribution is 2.30. The van der Waals surface area contributed by atoms with Crippen LogP contribution in [0.1, 0.15) is 27.2 Å². The lowest BCUT2D eigenvalue weighted by Crippen LogP contribution is -2.39. The van der Waals surface area contributed by atoms with Crippen LogP contribution in [0.5, 0.6) is 11.5 Å². The number of carbonyl (C=O) groups excluding carboxylic acids is 2. The average molecular weight is 278 g/mol. The van der Waals surface area contributed by atoms with Gasteiger partial charge in [-0.05, 0) is 32.9 Å². The lowest BCUT2D eigenvalue weighted by atomic mass is 10.1. The van der Waals surface area contributed by atoms with Crippen molar-refractivity contribution >= 4 is 11.8 Å². The van der Waals surface area contributed by atoms with Crippen molar-refractivity contribution in [3.63, 3.8) is 0 Å². The fourth-order valence-electron chi connectivity index (χ4n) is 2.11. The number of hydrogen-bond acceptors (Lipinski definition) is 5. The Hall–Kier alpha value is -2.04. The van der Waals surface area contributed by atoms with Gasteiger partial charge in [-0.3, -0.25) is 4.79 Å². The van der Waals surface area contributed by atoms with Crippen LogP contribution in [0.2, 0.25) is 0 Å². The van der Waals surface area contributed by atoms with Gasteiger partial charge in [-0.1, -0.05) is 12.1 Å². The summed E-state index contributed by atoms with van der Waals surface area (Å²) in [6, 6.07) is 6.98. The van der Waals surface area contributed by atoms with Gasteiger partial charge < -0.3 is 14.2 Å². The molecule has 5 heteroatoms. The van der Waals surface area contributed by atoms with Gasteiger partial charge in [0.25, 0.3) is 6.10 Å². The minimum atomic E-state index is -1.25. The molecule has 0 bridgehead atoms. The molecule has 1 aliphatic heterocycles. The standard InChI is InChI=1S/C15H18O5/c1-9-8-10(2)19-15(17)14(11(3)16)20-13-7-5-4-6-12(13)18-9/h4-7,9-10,14H,8H2,1-3H3/t9-,10-,14+/m0/s1. The van der Waals surface area contributed by atoms with Crippen LogP contribution in [0.3, 0.4) is 0 Å². The number of ether oxygens (including phenoxy) is 3. The van der Waals surface area contributed by atoms with Crippen LogP contribution in [0.25, 0.3) is 0 Å². The van der Waals surface area contributed by atoms with E-state index in [0.717, 1.165) is 0 Å². The van der Waals surface area contributed by atoms with E-state index in [-0.39, 0.29) is 12.2 Å². The Balaban J connectivity index is 2.36. The number of rotatable bonds is 1. The van der Waals surface area contributed by atoms with Crippen LogP contribution in [0.15, 0.2) is 24.3 Å². The molecule has 1 heterocycles. The zero-order valence-electron chi connectivity index (χ0n) is 11.8. The quantitative estimate of drug-likeness (QED) is 0.581. The topological polar surface area (TPSA) is 61.8 Å². The lowest BCUT2D eigenvalue weighted by Gasteiger charge is -2.25. The van der Waals surface area contributed by atoms with Gasteiger partial charge >= 0.3 is 5.97 Å². The third-order valence-corrected chi connectivity index (χ3v) is 2.99. The highest BCUT2D eigenvalue weighted by Gasteiger charge is 2.31. The minimum absolute atomic E-state index is 0.128. The SMILES string of the molecule is CC(=O)[C@H]1Oc2ccccc2O[C@@H](C)C[C@H](C)OC1=O. The Morgan fingerprint density at radius 3 is 2.20 bits per heavy atom. The van der Waals surface area contributed by atoms with Gasteiger partial charge in [-0.2, -0.15) is 0 Å². The van der Waals surface area contributed by atoms with Gasteiger partial charge in [0, 0.05) is 6.42 Å². The molecule has 1 aromatic carbocycles. The summed E-state index contributed by atoms with van der Waals surface area (Å²) in [6.07, 6.45) is -1.18. The van der Waals surface area contributed by atoms with Crippen molar-refractivity contribution in [3.8, 4) is 11.5 Å². The molecule has 20 heavy (non-hydrogen) atoms. The third-order valence-electron chi connectivity index (χ3n) is 2.99. The molecule has 0 unspecified atom stereocenters. The van der Waals surface area contributed by atoms with E-state index in [9.17, 15) is 9.59 Å². The molecule has 5 nitrogen and oxygen atoms in total. The largest absolute Gasteiger partial charge is 0.487 e. The lowest BCUT2D eigenvalue weighted by molar-refractivity contribution is -0.160. The molecule has 0 spiro atoms. The van der Waals surface area contributed by atoms with E-state index in [2.05, 4.69) is 0 Å². The van der Waals surface area contributed by atoms with Gasteiger partial charge in [0.2, 0.25) is 0 Å². The molecule has 0 radical (unpaired) electrons. The van der Waals surface area contributed by atoms with E-state index in [4.69, 9.17) is 14.2 Å². The monoisotopic (exact) mass is 278 g/mol. The van der Waals surface area contributed by atoms with Gasteiger partial charge in [0.1, 0.15) is 6.10 Å². The summed E-state index contributed by atoms with van der Waals surface area (Å²) in [5.74, 6) is -0.168. The van der Waals surface area contributed by atoms with Crippen LogP contribution in [0.4, 0.5) is 0 Å². The average Bonchev–Trinajstić information content (AvgIpc) is 2.35. The maximum atomic E-state index is 12.0. The molecule has 1 aliphatic rings. The second-order valence-corrected chi connectivity index (χ2v) is 4.97. The van der Waals surface area contributed by atoms with Gasteiger partial charge in [0.15, 0.2) is 17.3 Å². The summed E-state index contributed by atoms with van der Waals surface area (Å²) in [5, 5.41) is 0. The summed E-state index contributed by atoms with van der Waals surface area (Å²) in [7, 11) is 0. The number of esters is 1. The molecule has 108 valence electrons. The van der Waals surface area contributed by atoms with Gasteiger partial charge in [-0.15, -0.1) is 0 Å². The second-order valence-electron chi connectivity index (χ2n) is 4.97. The first-order valence-corrected chi connectivity index (χ1v) is 6.60. The van der Waals surface area contributed by atoms with Crippen LogP contribution in [0, 0.1) is 0 Å². The number of carbonyl (C=O) groups is 2. The Bertz CT molecular complexity index is 511. The first-order chi connectivity index (χ1) is 9.47. The first-order valence-electron chi connectivity index (χ1n) is 6.60. The van der Waals surface area contributed by atoms with Crippen molar-refractivity contribution < 1.29 is 23.8 Å². The van der Waals surface area contributed by atoms with E-state index < -0.39 is 17.9 Å². The summed E-state index contributed by atoms with van der Waals surface area (Å²) in [5.41, 5.74) is 0. The zero-order valence-corrected chi connectivity index (χ0v) is 11.8. The first kappa shape index (κ1) is 14.4. The molecule has 0 fully saturated rings. The number of hydrogen-bond donors (Lipinski definition) is 0. The van der Waals surface area contributed by atoms with Crippen molar-refractivity contribution in [1.29, 1.82) is 0 Å². The summed E-state index contributed by atoms with van der Waals surface area (Å²) in [6.45, 7) is 4.96. The van der Waals surface area contributed by atoms with Crippen molar-refractivity contribution in [2.75, 3.05) is 0 Å². The highest BCUT2D eigenvalue weighted by molar-refractivity contribution is 6.01. The number of Topliss-reactive ketones (excluding diaryl/α,β-unsaturated/α-hetero) is 1. The Morgan fingerprint density at radius 1 is 1.05 bits per heavy atom. The Labute approximate surface area is 117 Å². The summed E-state index contributed by atoms with van der Waals surface area (Å²) >= 11 is 0. The van der Waals surface area contributed by atoms with Crippen molar-refractivity contribution in [1.82, 2.24) is 0 Å². The molecule has 0 saturated heterocycles. The van der Waals surface area contributed by atoms with E-state index in [1.165, 1.54) is 6.92 Å². The zero-order chi connectivity index (χ0) is 14.7. The molecule has 0 N–H and O–H groups in total.